The molecule has 60 heavy (non-hydrogen) atoms. The molecule has 0 aliphatic heterocycles. The summed E-state index contributed by atoms with van der Waals surface area (Å²) < 4.78 is 0. The van der Waals surface area contributed by atoms with Crippen molar-refractivity contribution in [3.63, 3.8) is 0 Å². The zero-order chi connectivity index (χ0) is 43.7. The molecule has 0 aromatic rings. The van der Waals surface area contributed by atoms with Crippen molar-refractivity contribution in [2.24, 2.45) is 0 Å². The zero-order valence-corrected chi connectivity index (χ0v) is 40.4. The predicted octanol–water partition coefficient (Wildman–Crippen LogP) is 16.3. The average molecular weight is 844 g/mol. The molecule has 354 valence electrons. The Bertz CT molecular complexity index is 931. The normalized spacial score (nSPS) is 13.6. The van der Waals surface area contributed by atoms with E-state index in [9.17, 15) is 20.1 Å². The Balaban J connectivity index is 3.65. The third kappa shape index (κ3) is 44.6. The highest BCUT2D eigenvalue weighted by molar-refractivity contribution is 5.80. The van der Waals surface area contributed by atoms with E-state index in [1.54, 1.807) is 6.08 Å². The maximum absolute atomic E-state index is 12.5. The molecule has 0 fully saturated rings. The molecule has 0 saturated heterocycles. The molecule has 3 unspecified atom stereocenters. The number of rotatable bonds is 49. The molecule has 5 nitrogen and oxygen atoms in total. The lowest BCUT2D eigenvalue weighted by molar-refractivity contribution is -0.131. The molecule has 4 N–H and O–H groups in total. The lowest BCUT2D eigenvalue weighted by Crippen LogP contribution is -2.48. The van der Waals surface area contributed by atoms with Crippen molar-refractivity contribution in [3.05, 3.63) is 36.5 Å². The molecule has 0 bridgehead atoms. The summed E-state index contributed by atoms with van der Waals surface area (Å²) in [5, 5.41) is 33.3. The zero-order valence-electron chi connectivity index (χ0n) is 40.4. The van der Waals surface area contributed by atoms with E-state index in [2.05, 4.69) is 43.5 Å². The van der Waals surface area contributed by atoms with Crippen LogP contribution >= 0.6 is 0 Å². The fraction of sp³-hybridized carbons (Fsp3) is 0.873. The molecule has 0 aromatic heterocycles. The first-order valence-corrected chi connectivity index (χ1v) is 26.8. The quantitative estimate of drug-likeness (QED) is 0.0363. The maximum atomic E-state index is 12.5. The molecule has 1 amide bonds. The molecule has 0 aromatic carbocycles. The number of unbranched alkanes of at least 4 members (excludes halogenated alkanes) is 37. The van der Waals surface area contributed by atoms with Gasteiger partial charge in [-0.1, -0.05) is 275 Å². The van der Waals surface area contributed by atoms with Crippen LogP contribution in [0.5, 0.6) is 0 Å². The standard InChI is InChI=1S/C55H105NO4/c1-3-5-7-9-11-13-15-17-19-21-23-25-27-28-30-31-33-35-37-39-41-43-45-47-49-53(58)52(51-57)56-55(60)54(59)50-48-46-44-42-40-38-36-34-32-29-26-24-22-20-18-16-14-12-10-8-6-4-2/h31,33,39,41,47,49,52-54,57-59H,3-30,32,34-38,40,42-46,48,50-51H2,1-2H3,(H,56,60)/b33-31+,41-39+,49-47+. The number of aliphatic hydroxyl groups is 3. The number of carbonyl (C=O) groups excluding carboxylic acids is 1. The summed E-state index contributed by atoms with van der Waals surface area (Å²) in [7, 11) is 0. The van der Waals surface area contributed by atoms with E-state index in [0.29, 0.717) is 6.42 Å². The Labute approximate surface area is 374 Å². The molecule has 0 rings (SSSR count). The molecule has 0 heterocycles. The van der Waals surface area contributed by atoms with Gasteiger partial charge in [-0.05, 0) is 44.9 Å². The van der Waals surface area contributed by atoms with Crippen molar-refractivity contribution in [1.29, 1.82) is 0 Å². The molecular formula is C55H105NO4. The summed E-state index contributed by atoms with van der Waals surface area (Å²) in [4.78, 5) is 12.5. The van der Waals surface area contributed by atoms with Gasteiger partial charge in [0.25, 0.3) is 0 Å². The first-order chi connectivity index (χ1) is 29.6. The third-order valence-electron chi connectivity index (χ3n) is 12.5. The highest BCUT2D eigenvalue weighted by Gasteiger charge is 2.22. The lowest BCUT2D eigenvalue weighted by atomic mass is 10.0. The monoisotopic (exact) mass is 844 g/mol. The van der Waals surface area contributed by atoms with Crippen LogP contribution in [-0.4, -0.2) is 46.1 Å². The van der Waals surface area contributed by atoms with E-state index in [1.165, 1.54) is 218 Å². The van der Waals surface area contributed by atoms with E-state index in [4.69, 9.17) is 0 Å². The number of nitrogens with one attached hydrogen (secondary N) is 1. The van der Waals surface area contributed by atoms with Crippen molar-refractivity contribution in [2.75, 3.05) is 6.61 Å². The fourth-order valence-corrected chi connectivity index (χ4v) is 8.28. The number of hydrogen-bond donors (Lipinski definition) is 4. The van der Waals surface area contributed by atoms with Crippen LogP contribution in [0, 0.1) is 0 Å². The largest absolute Gasteiger partial charge is 0.394 e. The van der Waals surface area contributed by atoms with Crippen LogP contribution in [0.15, 0.2) is 36.5 Å². The smallest absolute Gasteiger partial charge is 0.249 e. The minimum absolute atomic E-state index is 0.379. The maximum Gasteiger partial charge on any atom is 0.249 e. The van der Waals surface area contributed by atoms with E-state index in [0.717, 1.165) is 44.9 Å². The number of carbonyl (C=O) groups is 1. The van der Waals surface area contributed by atoms with Crippen LogP contribution in [0.3, 0.4) is 0 Å². The summed E-state index contributed by atoms with van der Waals surface area (Å²) in [5.74, 6) is -0.512. The predicted molar refractivity (Wildman–Crippen MR) is 264 cm³/mol. The molecule has 5 heteroatoms. The molecule has 0 spiro atoms. The van der Waals surface area contributed by atoms with Crippen molar-refractivity contribution >= 4 is 5.91 Å². The second-order valence-electron chi connectivity index (χ2n) is 18.4. The van der Waals surface area contributed by atoms with E-state index in [-0.39, 0.29) is 6.61 Å². The van der Waals surface area contributed by atoms with Gasteiger partial charge in [-0.3, -0.25) is 4.79 Å². The minimum Gasteiger partial charge on any atom is -0.394 e. The van der Waals surface area contributed by atoms with Gasteiger partial charge in [0.2, 0.25) is 5.91 Å². The van der Waals surface area contributed by atoms with Gasteiger partial charge in [-0.25, -0.2) is 0 Å². The topological polar surface area (TPSA) is 89.8 Å². The Morgan fingerprint density at radius 1 is 0.400 bits per heavy atom. The van der Waals surface area contributed by atoms with E-state index < -0.39 is 24.2 Å². The highest BCUT2D eigenvalue weighted by Crippen LogP contribution is 2.17. The van der Waals surface area contributed by atoms with E-state index >= 15 is 0 Å². The first-order valence-electron chi connectivity index (χ1n) is 26.8. The van der Waals surface area contributed by atoms with E-state index in [1.807, 2.05) is 6.08 Å². The molecule has 0 aliphatic carbocycles. The molecule has 0 aliphatic rings. The van der Waals surface area contributed by atoms with Crippen molar-refractivity contribution in [1.82, 2.24) is 5.32 Å². The Hall–Kier alpha value is -1.43. The second-order valence-corrected chi connectivity index (χ2v) is 18.4. The van der Waals surface area contributed by atoms with Gasteiger partial charge in [0.05, 0.1) is 18.8 Å². The minimum atomic E-state index is -1.11. The highest BCUT2D eigenvalue weighted by atomic mass is 16.3. The van der Waals surface area contributed by atoms with Crippen LogP contribution in [0.25, 0.3) is 0 Å². The van der Waals surface area contributed by atoms with Gasteiger partial charge in [0, 0.05) is 0 Å². The number of hydrogen-bond acceptors (Lipinski definition) is 4. The second kappa shape index (κ2) is 50.2. The third-order valence-corrected chi connectivity index (χ3v) is 12.5. The van der Waals surface area contributed by atoms with Crippen LogP contribution in [0.1, 0.15) is 284 Å². The van der Waals surface area contributed by atoms with Crippen LogP contribution < -0.4 is 5.32 Å². The molecule has 3 atom stereocenters. The summed E-state index contributed by atoms with van der Waals surface area (Å²) in [6, 6.07) is -0.820. The molecule has 0 radical (unpaired) electrons. The fourth-order valence-electron chi connectivity index (χ4n) is 8.28. The van der Waals surface area contributed by atoms with Gasteiger partial charge in [-0.15, -0.1) is 0 Å². The lowest BCUT2D eigenvalue weighted by Gasteiger charge is -2.21. The molecule has 0 saturated carbocycles. The summed E-state index contributed by atoms with van der Waals surface area (Å²) in [6.07, 6.45) is 65.0. The van der Waals surface area contributed by atoms with Gasteiger partial charge in [0.15, 0.2) is 0 Å². The summed E-state index contributed by atoms with van der Waals surface area (Å²) in [6.45, 7) is 4.20. The van der Waals surface area contributed by atoms with Crippen molar-refractivity contribution in [2.45, 2.75) is 302 Å². The first kappa shape index (κ1) is 58.6. The Morgan fingerprint density at radius 3 is 1.02 bits per heavy atom. The van der Waals surface area contributed by atoms with Gasteiger partial charge < -0.3 is 20.6 Å². The molecular weight excluding hydrogens is 739 g/mol. The average Bonchev–Trinajstić information content (AvgIpc) is 3.25. The van der Waals surface area contributed by atoms with Gasteiger partial charge >= 0.3 is 0 Å². The SMILES string of the molecule is CCCCCCCCCCCCCCCC/C=C/CC/C=C/CC/C=C/C(O)C(CO)NC(=O)C(O)CCCCCCCCCCCCCCCCCCCCCCCC. The van der Waals surface area contributed by atoms with Crippen molar-refractivity contribution < 1.29 is 20.1 Å². The van der Waals surface area contributed by atoms with Crippen LogP contribution in [0.2, 0.25) is 0 Å². The Kier molecular flexibility index (Phi) is 49.0. The number of aliphatic hydroxyl groups excluding tert-OH is 3. The van der Waals surface area contributed by atoms with Crippen molar-refractivity contribution in [3.8, 4) is 0 Å². The summed E-state index contributed by atoms with van der Waals surface area (Å²) >= 11 is 0. The number of amides is 1. The van der Waals surface area contributed by atoms with Gasteiger partial charge in [-0.2, -0.15) is 0 Å². The number of allylic oxidation sites excluding steroid dienone is 5. The van der Waals surface area contributed by atoms with Gasteiger partial charge in [0.1, 0.15) is 6.10 Å². The Morgan fingerprint density at radius 2 is 0.683 bits per heavy atom. The van der Waals surface area contributed by atoms with Crippen LogP contribution in [0.4, 0.5) is 0 Å². The summed E-state index contributed by atoms with van der Waals surface area (Å²) in [5.41, 5.74) is 0. The van der Waals surface area contributed by atoms with Crippen LogP contribution in [-0.2, 0) is 4.79 Å².